The van der Waals surface area contributed by atoms with Crippen LogP contribution in [0.15, 0.2) is 29.3 Å². The van der Waals surface area contributed by atoms with Gasteiger partial charge in [0.25, 0.3) is 0 Å². The van der Waals surface area contributed by atoms with Crippen LogP contribution in [0.3, 0.4) is 0 Å². The predicted molar refractivity (Wildman–Crippen MR) is 124 cm³/mol. The van der Waals surface area contributed by atoms with Gasteiger partial charge >= 0.3 is 0 Å². The summed E-state index contributed by atoms with van der Waals surface area (Å²) >= 11 is 1.91. The third-order valence-corrected chi connectivity index (χ3v) is 4.84. The molecule has 0 bridgehead atoms. The number of thioether (sulfide) groups is 1. The Kier molecular flexibility index (Phi) is 15.5. The Hall–Kier alpha value is -0.470. The third-order valence-electron chi connectivity index (χ3n) is 4.14. The summed E-state index contributed by atoms with van der Waals surface area (Å²) in [6.07, 6.45) is 4.58. The van der Waals surface area contributed by atoms with E-state index in [0.29, 0.717) is 0 Å². The number of nitrogens with one attached hydrogen (secondary N) is 2. The molecule has 25 heavy (non-hydrogen) atoms. The molecule has 4 nitrogen and oxygen atoms in total. The summed E-state index contributed by atoms with van der Waals surface area (Å²) in [6.45, 7) is 9.38. The normalized spacial score (nSPS) is 11.3. The lowest BCUT2D eigenvalue weighted by Gasteiger charge is -2.20. The summed E-state index contributed by atoms with van der Waals surface area (Å²) < 4.78 is 0. The van der Waals surface area contributed by atoms with E-state index in [2.05, 4.69) is 64.9 Å². The molecular weight excluding hydrogens is 443 g/mol. The van der Waals surface area contributed by atoms with E-state index in [0.717, 1.165) is 38.7 Å². The minimum absolute atomic E-state index is 0. The molecule has 1 aromatic rings. The second-order valence-electron chi connectivity index (χ2n) is 5.78. The van der Waals surface area contributed by atoms with Crippen molar-refractivity contribution in [2.45, 2.75) is 39.8 Å². The average Bonchev–Trinajstić information content (AvgIpc) is 2.62. The van der Waals surface area contributed by atoms with Crippen molar-refractivity contribution in [3.63, 3.8) is 0 Å². The van der Waals surface area contributed by atoms with E-state index < -0.39 is 0 Å². The van der Waals surface area contributed by atoms with Gasteiger partial charge in [-0.05, 0) is 49.1 Å². The predicted octanol–water partition coefficient (Wildman–Crippen LogP) is 3.95. The molecule has 1 aromatic carbocycles. The van der Waals surface area contributed by atoms with Crippen LogP contribution in [0.25, 0.3) is 0 Å². The van der Waals surface area contributed by atoms with Crippen molar-refractivity contribution in [1.82, 2.24) is 15.5 Å². The maximum absolute atomic E-state index is 4.32. The smallest absolute Gasteiger partial charge is 0.191 e. The molecule has 0 atom stereocenters. The lowest BCUT2D eigenvalue weighted by molar-refractivity contribution is 0.295. The first-order chi connectivity index (χ1) is 11.7. The zero-order valence-electron chi connectivity index (χ0n) is 16.2. The summed E-state index contributed by atoms with van der Waals surface area (Å²) in [4.78, 5) is 6.76. The van der Waals surface area contributed by atoms with Crippen LogP contribution in [0.4, 0.5) is 0 Å². The van der Waals surface area contributed by atoms with Crippen LogP contribution < -0.4 is 10.6 Å². The maximum atomic E-state index is 4.32. The highest BCUT2D eigenvalue weighted by atomic mass is 127. The fourth-order valence-corrected chi connectivity index (χ4v) is 3.04. The van der Waals surface area contributed by atoms with Gasteiger partial charge in [0.1, 0.15) is 0 Å². The zero-order chi connectivity index (χ0) is 17.6. The molecule has 2 N–H and O–H groups in total. The van der Waals surface area contributed by atoms with Gasteiger partial charge in [-0.15, -0.1) is 24.0 Å². The molecule has 0 saturated carbocycles. The van der Waals surface area contributed by atoms with Crippen LogP contribution >= 0.6 is 35.7 Å². The Morgan fingerprint density at radius 2 is 1.76 bits per heavy atom. The van der Waals surface area contributed by atoms with Gasteiger partial charge in [0, 0.05) is 26.7 Å². The molecule has 0 aliphatic heterocycles. The molecular formula is C19H35IN4S. The highest BCUT2D eigenvalue weighted by Gasteiger charge is 2.06. The Morgan fingerprint density at radius 3 is 2.36 bits per heavy atom. The van der Waals surface area contributed by atoms with Gasteiger partial charge in [0.05, 0.1) is 0 Å². The number of hydrogen-bond acceptors (Lipinski definition) is 3. The summed E-state index contributed by atoms with van der Waals surface area (Å²) in [5, 5.41) is 6.84. The molecule has 0 unspecified atom stereocenters. The molecule has 144 valence electrons. The molecule has 1 rings (SSSR count). The summed E-state index contributed by atoms with van der Waals surface area (Å²) in [6, 6.07) is 8.67. The van der Waals surface area contributed by atoms with Crippen molar-refractivity contribution in [2.75, 3.05) is 38.7 Å². The second kappa shape index (κ2) is 15.8. The number of guanidine groups is 1. The quantitative estimate of drug-likeness (QED) is 0.219. The Bertz CT molecular complexity index is 478. The molecule has 0 spiro atoms. The van der Waals surface area contributed by atoms with Crippen LogP contribution in [0.1, 0.15) is 37.8 Å². The molecule has 0 aliphatic carbocycles. The van der Waals surface area contributed by atoms with E-state index in [4.69, 9.17) is 0 Å². The van der Waals surface area contributed by atoms with E-state index in [9.17, 15) is 0 Å². The number of rotatable bonds is 11. The fourth-order valence-electron chi connectivity index (χ4n) is 2.55. The maximum Gasteiger partial charge on any atom is 0.191 e. The molecule has 0 saturated heterocycles. The molecule has 0 radical (unpaired) electrons. The van der Waals surface area contributed by atoms with Crippen LogP contribution in [-0.4, -0.2) is 49.6 Å². The number of aliphatic imine (C=N–C) groups is 1. The highest BCUT2D eigenvalue weighted by Crippen LogP contribution is 2.11. The van der Waals surface area contributed by atoms with Gasteiger partial charge in [-0.1, -0.05) is 38.1 Å². The van der Waals surface area contributed by atoms with E-state index in [1.54, 1.807) is 0 Å². The summed E-state index contributed by atoms with van der Waals surface area (Å²) in [7, 11) is 1.83. The Morgan fingerprint density at radius 1 is 1.08 bits per heavy atom. The number of unbranched alkanes of at least 4 members (excludes halogenated alkanes) is 1. The van der Waals surface area contributed by atoms with Crippen LogP contribution in [0, 0.1) is 0 Å². The first-order valence-electron chi connectivity index (χ1n) is 8.97. The standard InChI is InChI=1S/C19H34N4S.HI/c1-5-23(6-2)16-18-12-8-7-11-17(18)15-22-19(20-3)21-13-9-10-14-24-4;/h7-8,11-12H,5-6,9-10,13-16H2,1-4H3,(H2,20,21,22);1H. The molecule has 0 aromatic heterocycles. The fraction of sp³-hybridized carbons (Fsp3) is 0.632. The van der Waals surface area contributed by atoms with E-state index in [1.165, 1.54) is 29.7 Å². The van der Waals surface area contributed by atoms with Gasteiger partial charge < -0.3 is 10.6 Å². The lowest BCUT2D eigenvalue weighted by Crippen LogP contribution is -2.37. The monoisotopic (exact) mass is 478 g/mol. The number of hydrogen-bond donors (Lipinski definition) is 2. The van der Waals surface area contributed by atoms with Crippen LogP contribution in [-0.2, 0) is 13.1 Å². The van der Waals surface area contributed by atoms with Crippen molar-refractivity contribution in [3.8, 4) is 0 Å². The average molecular weight is 478 g/mol. The second-order valence-corrected chi connectivity index (χ2v) is 6.77. The molecule has 0 fully saturated rings. The van der Waals surface area contributed by atoms with E-state index in [-0.39, 0.29) is 24.0 Å². The molecule has 6 heteroatoms. The number of benzene rings is 1. The van der Waals surface area contributed by atoms with Crippen LogP contribution in [0.5, 0.6) is 0 Å². The van der Waals surface area contributed by atoms with Crippen LogP contribution in [0.2, 0.25) is 0 Å². The number of nitrogens with zero attached hydrogens (tertiary/aromatic N) is 2. The van der Waals surface area contributed by atoms with Crippen molar-refractivity contribution in [3.05, 3.63) is 35.4 Å². The van der Waals surface area contributed by atoms with Gasteiger partial charge in [-0.25, -0.2) is 0 Å². The van der Waals surface area contributed by atoms with Gasteiger partial charge in [0.15, 0.2) is 5.96 Å². The number of halogens is 1. The molecule has 0 heterocycles. The summed E-state index contributed by atoms with van der Waals surface area (Å²) in [5.41, 5.74) is 2.74. The SMILES string of the molecule is CCN(CC)Cc1ccccc1CNC(=NC)NCCCCSC.I. The Labute approximate surface area is 175 Å². The minimum atomic E-state index is 0. The van der Waals surface area contributed by atoms with Gasteiger partial charge in [-0.3, -0.25) is 9.89 Å². The van der Waals surface area contributed by atoms with Gasteiger partial charge in [0.2, 0.25) is 0 Å². The summed E-state index contributed by atoms with van der Waals surface area (Å²) in [5.74, 6) is 2.11. The van der Waals surface area contributed by atoms with Crippen molar-refractivity contribution in [2.24, 2.45) is 4.99 Å². The van der Waals surface area contributed by atoms with Crippen molar-refractivity contribution < 1.29 is 0 Å². The lowest BCUT2D eigenvalue weighted by atomic mass is 10.1. The first-order valence-corrected chi connectivity index (χ1v) is 10.4. The van der Waals surface area contributed by atoms with E-state index >= 15 is 0 Å². The van der Waals surface area contributed by atoms with Gasteiger partial charge in [-0.2, -0.15) is 11.8 Å². The highest BCUT2D eigenvalue weighted by molar-refractivity contribution is 14.0. The molecule has 0 aliphatic rings. The topological polar surface area (TPSA) is 39.7 Å². The van der Waals surface area contributed by atoms with Crippen molar-refractivity contribution in [1.29, 1.82) is 0 Å². The van der Waals surface area contributed by atoms with Crippen molar-refractivity contribution >= 4 is 41.7 Å². The minimum Gasteiger partial charge on any atom is -0.356 e. The zero-order valence-corrected chi connectivity index (χ0v) is 19.3. The largest absolute Gasteiger partial charge is 0.356 e. The Balaban J connectivity index is 0.00000576. The first kappa shape index (κ1) is 24.5. The van der Waals surface area contributed by atoms with E-state index in [1.807, 2.05) is 18.8 Å². The third kappa shape index (κ3) is 10.3. The molecule has 0 amide bonds.